The van der Waals surface area contributed by atoms with Crippen LogP contribution in [0, 0.1) is 57.6 Å². The van der Waals surface area contributed by atoms with E-state index in [4.69, 9.17) is 21.4 Å². The number of carboxylic acid groups (broad SMARTS) is 1. The van der Waals surface area contributed by atoms with Crippen LogP contribution in [0.15, 0.2) is 73.3 Å². The number of rotatable bonds is 9. The number of carbonyl (C=O) groups is 2. The Kier molecular flexibility index (Phi) is 13.5. The largest absolute Gasteiger partial charge is 0.480 e. The summed E-state index contributed by atoms with van der Waals surface area (Å²) in [5.41, 5.74) is 5.80. The Hall–Kier alpha value is -6.72. The monoisotopic (exact) mass is 790 g/mol. The molecule has 11 nitrogen and oxygen atoms in total. The van der Waals surface area contributed by atoms with Gasteiger partial charge in [0.2, 0.25) is 5.91 Å². The summed E-state index contributed by atoms with van der Waals surface area (Å²) in [7, 11) is 0. The summed E-state index contributed by atoms with van der Waals surface area (Å²) in [4.78, 5) is 30.3. The summed E-state index contributed by atoms with van der Waals surface area (Å²) in [6.45, 7) is 6.25. The Morgan fingerprint density at radius 2 is 1.14 bits per heavy atom. The van der Waals surface area contributed by atoms with Gasteiger partial charge in [-0.3, -0.25) is 9.59 Å². The number of aromatic nitrogens is 4. The average Bonchev–Trinajstić information content (AvgIpc) is 3.78. The SMILES string of the molecule is CC(C)(C#N)c1ccc(CN)cc1F.CC(C)(C#N)c1ccc(CNC(=O)Cn2cnc3ccc(F)c(F)c32)cc1F.O=C(O)Cn1cnc2ccc(F)c(F)c21. The van der Waals surface area contributed by atoms with Gasteiger partial charge < -0.3 is 25.3 Å². The lowest BCUT2D eigenvalue weighted by Crippen LogP contribution is -2.27. The van der Waals surface area contributed by atoms with Gasteiger partial charge in [0.25, 0.3) is 0 Å². The van der Waals surface area contributed by atoms with E-state index in [-0.39, 0.29) is 46.5 Å². The lowest BCUT2D eigenvalue weighted by Gasteiger charge is -2.17. The summed E-state index contributed by atoms with van der Waals surface area (Å²) >= 11 is 0. The number of aliphatic carboxylic acids is 1. The Morgan fingerprint density at radius 1 is 0.702 bits per heavy atom. The van der Waals surface area contributed by atoms with Crippen molar-refractivity contribution >= 4 is 33.9 Å². The maximum atomic E-state index is 14.3. The van der Waals surface area contributed by atoms with Crippen molar-refractivity contribution < 1.29 is 41.0 Å². The number of carbonyl (C=O) groups excluding carboxylic acids is 1. The molecule has 0 unspecified atom stereocenters. The standard InChI is InChI=1S/C20H17F3N4O.C11H13FN2.C9H6F2N2O2/c1-20(2,10-24)13-4-3-12(7-15(13)22)8-25-17(28)9-27-11-26-16-6-5-14(21)18(23)19(16)27;1-11(2,7-14)9-4-3-8(6-13)5-10(9)12;10-5-1-2-6-9(8(5)11)13(4-12-6)3-7(14)15/h3-7,11H,8-9H2,1-2H3,(H,25,28);3-5H,6,13H2,1-2H3;1-2,4H,3H2,(H,14,15). The highest BCUT2D eigenvalue weighted by Crippen LogP contribution is 2.27. The summed E-state index contributed by atoms with van der Waals surface area (Å²) in [6.07, 6.45) is 2.42. The van der Waals surface area contributed by atoms with Crippen LogP contribution in [0.2, 0.25) is 0 Å². The van der Waals surface area contributed by atoms with Crippen molar-refractivity contribution in [3.05, 3.63) is 130 Å². The molecular weight excluding hydrogens is 754 g/mol. The Balaban J connectivity index is 0.000000209. The van der Waals surface area contributed by atoms with Crippen molar-refractivity contribution in [1.82, 2.24) is 24.4 Å². The van der Waals surface area contributed by atoms with Crippen LogP contribution < -0.4 is 11.1 Å². The van der Waals surface area contributed by atoms with Gasteiger partial charge in [-0.05, 0) is 75.2 Å². The van der Waals surface area contributed by atoms with Gasteiger partial charge in [0, 0.05) is 24.2 Å². The molecule has 6 aromatic rings. The molecule has 0 fully saturated rings. The van der Waals surface area contributed by atoms with Crippen molar-refractivity contribution in [2.24, 2.45) is 5.73 Å². The van der Waals surface area contributed by atoms with Crippen LogP contribution in [0.3, 0.4) is 0 Å². The Morgan fingerprint density at radius 3 is 1.56 bits per heavy atom. The zero-order chi connectivity index (χ0) is 42.2. The van der Waals surface area contributed by atoms with Crippen LogP contribution in [0.4, 0.5) is 26.3 Å². The molecule has 0 aliphatic carbocycles. The molecule has 17 heteroatoms. The highest BCUT2D eigenvalue weighted by atomic mass is 19.2. The minimum atomic E-state index is -1.14. The summed E-state index contributed by atoms with van der Waals surface area (Å²) in [5, 5.41) is 29.1. The first-order valence-electron chi connectivity index (χ1n) is 17.0. The van der Waals surface area contributed by atoms with Crippen LogP contribution in [-0.4, -0.2) is 36.1 Å². The van der Waals surface area contributed by atoms with E-state index in [0.717, 1.165) is 22.3 Å². The molecule has 296 valence electrons. The van der Waals surface area contributed by atoms with E-state index in [1.54, 1.807) is 45.9 Å². The third-order valence-electron chi connectivity index (χ3n) is 8.66. The molecule has 2 aromatic heterocycles. The third-order valence-corrected chi connectivity index (χ3v) is 8.66. The number of imidazole rings is 2. The van der Waals surface area contributed by atoms with Gasteiger partial charge in [0.15, 0.2) is 23.3 Å². The summed E-state index contributed by atoms with van der Waals surface area (Å²) in [5.74, 6) is -6.69. The van der Waals surface area contributed by atoms with Crippen molar-refractivity contribution in [1.29, 1.82) is 10.5 Å². The lowest BCUT2D eigenvalue weighted by molar-refractivity contribution is -0.137. The Bertz CT molecular complexity index is 2540. The highest BCUT2D eigenvalue weighted by molar-refractivity contribution is 5.81. The molecule has 2 heterocycles. The second-order valence-corrected chi connectivity index (χ2v) is 13.7. The predicted molar refractivity (Wildman–Crippen MR) is 197 cm³/mol. The molecule has 0 aliphatic heterocycles. The number of nitrogens with zero attached hydrogens (tertiary/aromatic N) is 6. The van der Waals surface area contributed by atoms with Gasteiger partial charge in [-0.2, -0.15) is 10.5 Å². The van der Waals surface area contributed by atoms with Gasteiger partial charge in [0.1, 0.15) is 35.8 Å². The van der Waals surface area contributed by atoms with Gasteiger partial charge in [-0.1, -0.05) is 24.3 Å². The second kappa shape index (κ2) is 17.8. The minimum absolute atomic E-state index is 0.0481. The van der Waals surface area contributed by atoms with Crippen molar-refractivity contribution in [2.75, 3.05) is 0 Å². The van der Waals surface area contributed by atoms with Crippen molar-refractivity contribution in [3.8, 4) is 12.1 Å². The molecular formula is C40H36F6N8O3. The number of nitrogens with one attached hydrogen (secondary N) is 1. The fourth-order valence-corrected chi connectivity index (χ4v) is 5.48. The fraction of sp³-hybridized carbons (Fsp3) is 0.250. The zero-order valence-electron chi connectivity index (χ0n) is 31.0. The first kappa shape index (κ1) is 43.0. The summed E-state index contributed by atoms with van der Waals surface area (Å²) < 4.78 is 83.6. The molecule has 0 saturated carbocycles. The topological polar surface area (TPSA) is 176 Å². The quantitative estimate of drug-likeness (QED) is 0.131. The van der Waals surface area contributed by atoms with Crippen LogP contribution in [0.25, 0.3) is 22.1 Å². The van der Waals surface area contributed by atoms with Crippen molar-refractivity contribution in [3.63, 3.8) is 0 Å². The smallest absolute Gasteiger partial charge is 0.323 e. The third kappa shape index (κ3) is 10.1. The first-order chi connectivity index (χ1) is 26.8. The van der Waals surface area contributed by atoms with E-state index in [1.807, 2.05) is 6.07 Å². The number of nitriles is 2. The van der Waals surface area contributed by atoms with Crippen LogP contribution in [0.1, 0.15) is 49.9 Å². The Labute approximate surface area is 322 Å². The lowest BCUT2D eigenvalue weighted by atomic mass is 9.85. The number of amides is 1. The van der Waals surface area contributed by atoms with Crippen LogP contribution in [-0.2, 0) is 46.6 Å². The molecule has 0 spiro atoms. The number of nitrogens with two attached hydrogens (primary N) is 1. The fourth-order valence-electron chi connectivity index (χ4n) is 5.48. The van der Waals surface area contributed by atoms with Crippen molar-refractivity contribution in [2.45, 2.75) is 64.7 Å². The number of carboxylic acids is 1. The van der Waals surface area contributed by atoms with E-state index in [0.29, 0.717) is 17.7 Å². The van der Waals surface area contributed by atoms with E-state index < -0.39 is 58.3 Å². The molecule has 0 bridgehead atoms. The molecule has 4 N–H and O–H groups in total. The number of hydrogen-bond acceptors (Lipinski definition) is 7. The van der Waals surface area contributed by atoms with E-state index >= 15 is 0 Å². The van der Waals surface area contributed by atoms with Gasteiger partial charge >= 0.3 is 5.97 Å². The van der Waals surface area contributed by atoms with E-state index in [1.165, 1.54) is 47.6 Å². The first-order valence-corrected chi connectivity index (χ1v) is 17.0. The van der Waals surface area contributed by atoms with Gasteiger partial charge in [-0.25, -0.2) is 36.3 Å². The van der Waals surface area contributed by atoms with Gasteiger partial charge in [0.05, 0.1) is 46.7 Å². The van der Waals surface area contributed by atoms with Crippen LogP contribution in [0.5, 0.6) is 0 Å². The molecule has 0 atom stereocenters. The van der Waals surface area contributed by atoms with Gasteiger partial charge in [-0.15, -0.1) is 0 Å². The highest BCUT2D eigenvalue weighted by Gasteiger charge is 2.25. The molecule has 0 aliphatic rings. The molecule has 1 amide bonds. The number of fused-ring (bicyclic) bond motifs is 2. The van der Waals surface area contributed by atoms with Crippen LogP contribution >= 0.6 is 0 Å². The number of hydrogen-bond donors (Lipinski definition) is 3. The molecule has 4 aromatic carbocycles. The molecule has 57 heavy (non-hydrogen) atoms. The van der Waals surface area contributed by atoms with E-state index in [9.17, 15) is 35.9 Å². The maximum Gasteiger partial charge on any atom is 0.323 e. The zero-order valence-corrected chi connectivity index (χ0v) is 31.0. The molecule has 6 rings (SSSR count). The number of halogens is 6. The minimum Gasteiger partial charge on any atom is -0.480 e. The summed E-state index contributed by atoms with van der Waals surface area (Å²) in [6, 6.07) is 17.8. The predicted octanol–water partition coefficient (Wildman–Crippen LogP) is 7.06. The maximum absolute atomic E-state index is 14.3. The average molecular weight is 791 g/mol. The normalized spacial score (nSPS) is 11.2. The molecule has 0 saturated heterocycles. The van der Waals surface area contributed by atoms with E-state index in [2.05, 4.69) is 21.4 Å². The number of benzene rings is 4. The second-order valence-electron chi connectivity index (χ2n) is 13.7. The molecule has 0 radical (unpaired) electrons.